The minimum Gasteiger partial charge on any atom is -0.368 e. The van der Waals surface area contributed by atoms with Crippen LogP contribution >= 0.6 is 11.6 Å². The summed E-state index contributed by atoms with van der Waals surface area (Å²) in [6.45, 7) is 3.62. The van der Waals surface area contributed by atoms with Gasteiger partial charge in [-0.05, 0) is 36.6 Å². The predicted molar refractivity (Wildman–Crippen MR) is 124 cm³/mol. The van der Waals surface area contributed by atoms with E-state index in [-0.39, 0.29) is 24.1 Å². The number of sulfonamides is 1. The van der Waals surface area contributed by atoms with E-state index < -0.39 is 10.0 Å². The molecule has 2 fully saturated rings. The van der Waals surface area contributed by atoms with Gasteiger partial charge < -0.3 is 9.80 Å². The molecule has 0 aromatic heterocycles. The molecule has 2 heterocycles. The van der Waals surface area contributed by atoms with Gasteiger partial charge in [0.15, 0.2) is 0 Å². The lowest BCUT2D eigenvalue weighted by molar-refractivity contribution is -0.137. The maximum atomic E-state index is 13.1. The second-order valence-corrected chi connectivity index (χ2v) is 10.6. The molecule has 6 nitrogen and oxygen atoms in total. The molecule has 2 aliphatic rings. The Morgan fingerprint density at radius 2 is 1.61 bits per heavy atom. The molecule has 1 atom stereocenters. The highest BCUT2D eigenvalue weighted by atomic mass is 35.5. The Hall–Kier alpha value is -2.09. The van der Waals surface area contributed by atoms with Gasteiger partial charge in [0.25, 0.3) is 0 Å². The lowest BCUT2D eigenvalue weighted by Gasteiger charge is -2.39. The van der Waals surface area contributed by atoms with Crippen LogP contribution in [-0.2, 0) is 20.6 Å². The number of anilines is 1. The number of halogens is 1. The van der Waals surface area contributed by atoms with Crippen LogP contribution in [0.4, 0.5) is 5.69 Å². The number of benzene rings is 2. The summed E-state index contributed by atoms with van der Waals surface area (Å²) in [5.41, 5.74) is 1.76. The van der Waals surface area contributed by atoms with E-state index >= 15 is 0 Å². The molecule has 0 N–H and O–H groups in total. The molecular formula is C23H28ClN3O3S. The van der Waals surface area contributed by atoms with E-state index in [1.54, 1.807) is 24.3 Å². The molecule has 0 saturated carbocycles. The molecule has 1 amide bonds. The predicted octanol–water partition coefficient (Wildman–Crippen LogP) is 3.23. The van der Waals surface area contributed by atoms with Crippen molar-refractivity contribution in [1.29, 1.82) is 0 Å². The first-order valence-electron chi connectivity index (χ1n) is 10.7. The highest BCUT2D eigenvalue weighted by Gasteiger charge is 2.35. The van der Waals surface area contributed by atoms with Gasteiger partial charge in [0.2, 0.25) is 15.9 Å². The third-order valence-corrected chi connectivity index (χ3v) is 8.30. The number of piperazine rings is 1. The molecule has 166 valence electrons. The normalized spacial score (nSPS) is 20.6. The van der Waals surface area contributed by atoms with Crippen molar-refractivity contribution in [1.82, 2.24) is 9.21 Å². The third kappa shape index (κ3) is 5.22. The van der Waals surface area contributed by atoms with Crippen molar-refractivity contribution in [2.24, 2.45) is 5.92 Å². The van der Waals surface area contributed by atoms with Crippen LogP contribution in [0.2, 0.25) is 5.02 Å². The van der Waals surface area contributed by atoms with Gasteiger partial charge in [-0.25, -0.2) is 12.7 Å². The zero-order valence-corrected chi connectivity index (χ0v) is 19.1. The maximum absolute atomic E-state index is 13.1. The Balaban J connectivity index is 1.36. The largest absolute Gasteiger partial charge is 0.368 e. The monoisotopic (exact) mass is 461 g/mol. The van der Waals surface area contributed by atoms with Crippen LogP contribution in [0.5, 0.6) is 0 Å². The van der Waals surface area contributed by atoms with Crippen LogP contribution in [0, 0.1) is 5.92 Å². The Bertz CT molecular complexity index is 1010. The van der Waals surface area contributed by atoms with Crippen LogP contribution in [0.1, 0.15) is 18.4 Å². The lowest BCUT2D eigenvalue weighted by Crippen LogP contribution is -2.53. The number of piperidine rings is 1. The zero-order valence-electron chi connectivity index (χ0n) is 17.5. The Kier molecular flexibility index (Phi) is 6.84. The Morgan fingerprint density at radius 1 is 0.935 bits per heavy atom. The molecular weight excluding hydrogens is 434 g/mol. The second-order valence-electron chi connectivity index (χ2n) is 8.19. The molecule has 4 rings (SSSR count). The van der Waals surface area contributed by atoms with Crippen molar-refractivity contribution in [2.75, 3.05) is 44.2 Å². The topological polar surface area (TPSA) is 60.9 Å². The summed E-state index contributed by atoms with van der Waals surface area (Å²) in [5, 5.41) is 0.451. The van der Waals surface area contributed by atoms with Crippen molar-refractivity contribution in [2.45, 2.75) is 18.6 Å². The first-order valence-corrected chi connectivity index (χ1v) is 12.7. The van der Waals surface area contributed by atoms with Gasteiger partial charge in [0, 0.05) is 50.0 Å². The first kappa shape index (κ1) is 22.1. The van der Waals surface area contributed by atoms with Crippen molar-refractivity contribution in [3.8, 4) is 0 Å². The van der Waals surface area contributed by atoms with Gasteiger partial charge in [0.05, 0.1) is 11.7 Å². The Morgan fingerprint density at radius 3 is 2.32 bits per heavy atom. The lowest BCUT2D eigenvalue weighted by atomic mass is 9.97. The minimum absolute atomic E-state index is 0.0744. The van der Waals surface area contributed by atoms with Crippen LogP contribution in [0.3, 0.4) is 0 Å². The highest BCUT2D eigenvalue weighted by Crippen LogP contribution is 2.26. The number of carbonyl (C=O) groups excluding carboxylic acids is 1. The number of hydrogen-bond acceptors (Lipinski definition) is 4. The molecule has 8 heteroatoms. The summed E-state index contributed by atoms with van der Waals surface area (Å²) in [6.07, 6.45) is 1.43. The number of rotatable bonds is 5. The van der Waals surface area contributed by atoms with E-state index in [1.165, 1.54) is 9.99 Å². The number of nitrogens with zero attached hydrogens (tertiary/aromatic N) is 3. The van der Waals surface area contributed by atoms with Gasteiger partial charge in [-0.2, -0.15) is 0 Å². The molecule has 0 aliphatic carbocycles. The summed E-state index contributed by atoms with van der Waals surface area (Å²) in [7, 11) is -3.53. The minimum atomic E-state index is -3.53. The standard InChI is InChI=1S/C23H28ClN3O3S/c24-22-11-5-4-7-20(22)18-31(29,30)27-12-6-8-19(17-27)23(28)26-15-13-25(14-16-26)21-9-2-1-3-10-21/h1-5,7,9-11,19H,6,8,12-18H2/t19-/m1/s1. The fourth-order valence-corrected chi connectivity index (χ4v) is 6.31. The smallest absolute Gasteiger partial charge is 0.227 e. The molecule has 0 radical (unpaired) electrons. The Labute approximate surface area is 189 Å². The average molecular weight is 462 g/mol. The molecule has 2 aromatic rings. The summed E-state index contributed by atoms with van der Waals surface area (Å²) >= 11 is 6.16. The molecule has 2 aromatic carbocycles. The van der Waals surface area contributed by atoms with Crippen LogP contribution in [0.15, 0.2) is 54.6 Å². The molecule has 0 bridgehead atoms. The zero-order chi connectivity index (χ0) is 21.8. The molecule has 2 aliphatic heterocycles. The summed E-state index contributed by atoms with van der Waals surface area (Å²) in [6, 6.07) is 17.2. The van der Waals surface area contributed by atoms with E-state index in [0.29, 0.717) is 36.6 Å². The molecule has 31 heavy (non-hydrogen) atoms. The summed E-state index contributed by atoms with van der Waals surface area (Å²) in [4.78, 5) is 17.3. The highest BCUT2D eigenvalue weighted by molar-refractivity contribution is 7.88. The number of amides is 1. The van der Waals surface area contributed by atoms with Gasteiger partial charge in [-0.1, -0.05) is 48.0 Å². The quantitative estimate of drug-likeness (QED) is 0.685. The van der Waals surface area contributed by atoms with Gasteiger partial charge in [0.1, 0.15) is 0 Å². The maximum Gasteiger partial charge on any atom is 0.227 e. The average Bonchev–Trinajstić information content (AvgIpc) is 2.81. The summed E-state index contributed by atoms with van der Waals surface area (Å²) < 4.78 is 27.4. The first-order chi connectivity index (χ1) is 14.9. The molecule has 0 unspecified atom stereocenters. The number of carbonyl (C=O) groups is 1. The second kappa shape index (κ2) is 9.59. The van der Waals surface area contributed by atoms with Gasteiger partial charge >= 0.3 is 0 Å². The SMILES string of the molecule is O=C([C@@H]1CCCN(S(=O)(=O)Cc2ccccc2Cl)C1)N1CCN(c2ccccc2)CC1. The van der Waals surface area contributed by atoms with E-state index in [4.69, 9.17) is 11.6 Å². The van der Waals surface area contributed by atoms with E-state index in [0.717, 1.165) is 19.5 Å². The van der Waals surface area contributed by atoms with Crippen molar-refractivity contribution < 1.29 is 13.2 Å². The number of hydrogen-bond donors (Lipinski definition) is 0. The fourth-order valence-electron chi connectivity index (χ4n) is 4.38. The summed E-state index contributed by atoms with van der Waals surface area (Å²) in [5.74, 6) is -0.341. The van der Waals surface area contributed by atoms with E-state index in [2.05, 4.69) is 17.0 Å². The molecule has 0 spiro atoms. The van der Waals surface area contributed by atoms with E-state index in [1.807, 2.05) is 23.1 Å². The van der Waals surface area contributed by atoms with Crippen LogP contribution < -0.4 is 4.90 Å². The van der Waals surface area contributed by atoms with Gasteiger partial charge in [-0.15, -0.1) is 0 Å². The van der Waals surface area contributed by atoms with Gasteiger partial charge in [-0.3, -0.25) is 4.79 Å². The van der Waals surface area contributed by atoms with Crippen LogP contribution in [0.25, 0.3) is 0 Å². The van der Waals surface area contributed by atoms with Crippen LogP contribution in [-0.4, -0.2) is 62.8 Å². The van der Waals surface area contributed by atoms with E-state index in [9.17, 15) is 13.2 Å². The molecule has 2 saturated heterocycles. The third-order valence-electron chi connectivity index (χ3n) is 6.14. The fraction of sp³-hybridized carbons (Fsp3) is 0.435. The van der Waals surface area contributed by atoms with Crippen molar-refractivity contribution in [3.05, 3.63) is 65.2 Å². The van der Waals surface area contributed by atoms with Crippen molar-refractivity contribution >= 4 is 33.2 Å². The van der Waals surface area contributed by atoms with Crippen molar-refractivity contribution in [3.63, 3.8) is 0 Å². The number of para-hydroxylation sites is 1.